The summed E-state index contributed by atoms with van der Waals surface area (Å²) < 4.78 is 11.4. The minimum atomic E-state index is -1.42. The van der Waals surface area contributed by atoms with Crippen LogP contribution in [-0.2, 0) is 11.2 Å². The average molecular weight is 436 g/mol. The highest BCUT2D eigenvalue weighted by molar-refractivity contribution is 6.31. The van der Waals surface area contributed by atoms with E-state index in [-0.39, 0.29) is 0 Å². The molecule has 2 aromatic rings. The Morgan fingerprint density at radius 3 is 2.63 bits per heavy atom. The van der Waals surface area contributed by atoms with Crippen LogP contribution in [0, 0.1) is 0 Å². The molecule has 2 aliphatic heterocycles. The zero-order valence-corrected chi connectivity index (χ0v) is 17.4. The van der Waals surface area contributed by atoms with Gasteiger partial charge in [-0.3, -0.25) is 0 Å². The first kappa shape index (κ1) is 21.4. The first-order valence-electron chi connectivity index (χ1n) is 9.94. The zero-order chi connectivity index (χ0) is 21.4. The van der Waals surface area contributed by atoms with Crippen LogP contribution >= 0.6 is 11.6 Å². The van der Waals surface area contributed by atoms with Crippen molar-refractivity contribution in [2.75, 3.05) is 31.7 Å². The van der Waals surface area contributed by atoms with Crippen molar-refractivity contribution in [3.8, 4) is 5.75 Å². The number of aliphatic hydroxyl groups is 4. The lowest BCUT2D eigenvalue weighted by Gasteiger charge is -2.40. The molecular formula is C22H26ClNO6. The Morgan fingerprint density at radius 1 is 1.07 bits per heavy atom. The molecule has 162 valence electrons. The number of nitrogens with zero attached hydrogens (tertiary/aromatic N) is 1. The Labute approximate surface area is 180 Å². The van der Waals surface area contributed by atoms with E-state index in [1.165, 1.54) is 0 Å². The molecule has 1 saturated heterocycles. The van der Waals surface area contributed by atoms with Crippen molar-refractivity contribution < 1.29 is 29.9 Å². The predicted molar refractivity (Wildman–Crippen MR) is 112 cm³/mol. The van der Waals surface area contributed by atoms with Gasteiger partial charge in [0.05, 0.1) is 18.8 Å². The van der Waals surface area contributed by atoms with Crippen LogP contribution in [0.5, 0.6) is 5.75 Å². The van der Waals surface area contributed by atoms with Crippen LogP contribution in [0.4, 0.5) is 5.69 Å². The smallest absolute Gasteiger partial charge is 0.142 e. The number of halogens is 1. The molecule has 2 aliphatic rings. The van der Waals surface area contributed by atoms with Crippen molar-refractivity contribution in [3.05, 3.63) is 58.1 Å². The van der Waals surface area contributed by atoms with Crippen LogP contribution in [0.25, 0.3) is 0 Å². The summed E-state index contributed by atoms with van der Waals surface area (Å²) in [5, 5.41) is 40.5. The molecule has 4 rings (SSSR count). The molecule has 7 nitrogen and oxygen atoms in total. The van der Waals surface area contributed by atoms with E-state index in [0.29, 0.717) is 23.6 Å². The van der Waals surface area contributed by atoms with Gasteiger partial charge in [0, 0.05) is 12.1 Å². The number of aliphatic hydroxyl groups excluding tert-OH is 4. The Hall–Kier alpha value is -1.87. The van der Waals surface area contributed by atoms with Crippen molar-refractivity contribution in [1.82, 2.24) is 0 Å². The van der Waals surface area contributed by atoms with Gasteiger partial charge in [-0.15, -0.1) is 0 Å². The van der Waals surface area contributed by atoms with Gasteiger partial charge in [0.1, 0.15) is 42.9 Å². The van der Waals surface area contributed by atoms with Crippen molar-refractivity contribution >= 4 is 17.3 Å². The number of fused-ring (bicyclic) bond motifs is 1. The first-order chi connectivity index (χ1) is 14.4. The zero-order valence-electron chi connectivity index (χ0n) is 16.6. The van der Waals surface area contributed by atoms with E-state index < -0.39 is 37.1 Å². The third-order valence-corrected chi connectivity index (χ3v) is 6.17. The molecule has 0 saturated carbocycles. The standard InChI is InChI=1S/C22H26ClNO6/c1-24-6-7-29-17-9-12(2-5-16(17)24)8-14-10-13(3-4-15(14)23)22-21(28)20(27)19(26)18(11-25)30-22/h2-5,9-10,18-22,25-28H,6-8,11H2,1H3. The fourth-order valence-electron chi connectivity index (χ4n) is 4.02. The Balaban J connectivity index is 1.59. The second kappa shape index (κ2) is 8.70. The fraction of sp³-hybridized carbons (Fsp3) is 0.455. The number of likely N-dealkylation sites (N-methyl/N-ethyl adjacent to an activating group) is 1. The molecule has 5 unspecified atom stereocenters. The first-order valence-corrected chi connectivity index (χ1v) is 10.3. The molecular weight excluding hydrogens is 410 g/mol. The summed E-state index contributed by atoms with van der Waals surface area (Å²) >= 11 is 6.42. The molecule has 0 radical (unpaired) electrons. The molecule has 1 fully saturated rings. The maximum atomic E-state index is 10.4. The lowest BCUT2D eigenvalue weighted by molar-refractivity contribution is -0.231. The Morgan fingerprint density at radius 2 is 1.87 bits per heavy atom. The maximum absolute atomic E-state index is 10.4. The van der Waals surface area contributed by atoms with Gasteiger partial charge in [-0.1, -0.05) is 29.8 Å². The van der Waals surface area contributed by atoms with Gasteiger partial charge >= 0.3 is 0 Å². The number of rotatable bonds is 4. The van der Waals surface area contributed by atoms with Crippen molar-refractivity contribution in [1.29, 1.82) is 0 Å². The highest BCUT2D eigenvalue weighted by Crippen LogP contribution is 2.36. The molecule has 8 heteroatoms. The van der Waals surface area contributed by atoms with Crippen molar-refractivity contribution in [2.24, 2.45) is 0 Å². The molecule has 2 aromatic carbocycles. The highest BCUT2D eigenvalue weighted by Gasteiger charge is 2.44. The molecule has 2 heterocycles. The molecule has 0 aromatic heterocycles. The third kappa shape index (κ3) is 4.01. The summed E-state index contributed by atoms with van der Waals surface area (Å²) in [6, 6.07) is 11.3. The predicted octanol–water partition coefficient (Wildman–Crippen LogP) is 1.27. The summed E-state index contributed by atoms with van der Waals surface area (Å²) in [5.41, 5.74) is 3.51. The van der Waals surface area contributed by atoms with Gasteiger partial charge in [0.25, 0.3) is 0 Å². The number of ether oxygens (including phenoxy) is 2. The molecule has 0 bridgehead atoms. The molecule has 0 aliphatic carbocycles. The third-order valence-electron chi connectivity index (χ3n) is 5.80. The largest absolute Gasteiger partial charge is 0.490 e. The van der Waals surface area contributed by atoms with Crippen LogP contribution in [-0.4, -0.2) is 71.6 Å². The molecule has 5 atom stereocenters. The Bertz CT molecular complexity index is 907. The van der Waals surface area contributed by atoms with Gasteiger partial charge in [-0.2, -0.15) is 0 Å². The minimum Gasteiger partial charge on any atom is -0.490 e. The van der Waals surface area contributed by atoms with Gasteiger partial charge in [0.15, 0.2) is 0 Å². The average Bonchev–Trinajstić information content (AvgIpc) is 2.74. The number of benzene rings is 2. The minimum absolute atomic E-state index is 0.467. The van der Waals surface area contributed by atoms with Gasteiger partial charge in [-0.25, -0.2) is 0 Å². The monoisotopic (exact) mass is 435 g/mol. The van der Waals surface area contributed by atoms with Crippen molar-refractivity contribution in [3.63, 3.8) is 0 Å². The SMILES string of the molecule is CN1CCOc2cc(Cc3cc(C4OC(CO)C(O)C(O)C4O)ccc3Cl)ccc21. The maximum Gasteiger partial charge on any atom is 0.142 e. The normalized spacial score (nSPS) is 28.7. The van der Waals surface area contributed by atoms with E-state index in [0.717, 1.165) is 29.1 Å². The quantitative estimate of drug-likeness (QED) is 0.573. The molecule has 0 amide bonds. The van der Waals surface area contributed by atoms with Crippen molar-refractivity contribution in [2.45, 2.75) is 36.9 Å². The molecule has 0 spiro atoms. The Kier molecular flexibility index (Phi) is 6.20. The summed E-state index contributed by atoms with van der Waals surface area (Å²) in [5.74, 6) is 0.836. The number of hydrogen-bond donors (Lipinski definition) is 4. The lowest BCUT2D eigenvalue weighted by atomic mass is 9.90. The van der Waals surface area contributed by atoms with E-state index in [2.05, 4.69) is 4.90 Å². The number of hydrogen-bond acceptors (Lipinski definition) is 7. The fourth-order valence-corrected chi connectivity index (χ4v) is 4.20. The topological polar surface area (TPSA) is 103 Å². The van der Waals surface area contributed by atoms with E-state index >= 15 is 0 Å². The summed E-state index contributed by atoms with van der Waals surface area (Å²) in [6.45, 7) is 1.02. The van der Waals surface area contributed by atoms with E-state index in [9.17, 15) is 20.4 Å². The van der Waals surface area contributed by atoms with Crippen LogP contribution in [0.3, 0.4) is 0 Å². The summed E-state index contributed by atoms with van der Waals surface area (Å²) in [4.78, 5) is 2.15. The van der Waals surface area contributed by atoms with Gasteiger partial charge in [-0.05, 0) is 41.3 Å². The number of anilines is 1. The lowest BCUT2D eigenvalue weighted by Crippen LogP contribution is -2.55. The van der Waals surface area contributed by atoms with Crippen LogP contribution in [0.1, 0.15) is 22.8 Å². The van der Waals surface area contributed by atoms with Gasteiger partial charge in [0.2, 0.25) is 0 Å². The van der Waals surface area contributed by atoms with E-state index in [1.54, 1.807) is 12.1 Å². The van der Waals surface area contributed by atoms with E-state index in [4.69, 9.17) is 21.1 Å². The second-order valence-corrected chi connectivity index (χ2v) is 8.26. The van der Waals surface area contributed by atoms with Crippen LogP contribution in [0.2, 0.25) is 5.02 Å². The van der Waals surface area contributed by atoms with Crippen LogP contribution in [0.15, 0.2) is 36.4 Å². The highest BCUT2D eigenvalue weighted by atomic mass is 35.5. The second-order valence-electron chi connectivity index (χ2n) is 7.85. The molecule has 4 N–H and O–H groups in total. The summed E-state index contributed by atoms with van der Waals surface area (Å²) in [7, 11) is 2.03. The summed E-state index contributed by atoms with van der Waals surface area (Å²) in [6.07, 6.45) is -5.44. The van der Waals surface area contributed by atoms with Gasteiger partial charge < -0.3 is 34.8 Å². The molecule has 30 heavy (non-hydrogen) atoms. The van der Waals surface area contributed by atoms with E-state index in [1.807, 2.05) is 31.3 Å². The van der Waals surface area contributed by atoms with Crippen LogP contribution < -0.4 is 9.64 Å².